The molecule has 5 rings (SSSR count). The highest BCUT2D eigenvalue weighted by atomic mass is 16.5. The van der Waals surface area contributed by atoms with Crippen molar-refractivity contribution >= 4 is 11.6 Å². The molecule has 0 aromatic heterocycles. The van der Waals surface area contributed by atoms with Crippen LogP contribution in [-0.4, -0.2) is 25.8 Å². The van der Waals surface area contributed by atoms with Crippen LogP contribution in [0.1, 0.15) is 31.8 Å². The predicted octanol–water partition coefficient (Wildman–Crippen LogP) is 5.81. The molecule has 0 bridgehead atoms. The van der Waals surface area contributed by atoms with Gasteiger partial charge in [-0.05, 0) is 58.7 Å². The van der Waals surface area contributed by atoms with Crippen LogP contribution >= 0.6 is 0 Å². The summed E-state index contributed by atoms with van der Waals surface area (Å²) in [4.78, 5) is 26.9. The highest BCUT2D eigenvalue weighted by Crippen LogP contribution is 2.38. The summed E-state index contributed by atoms with van der Waals surface area (Å²) in [6.45, 7) is 0. The van der Waals surface area contributed by atoms with Gasteiger partial charge in [0, 0.05) is 22.3 Å². The molecule has 4 heteroatoms. The molecule has 0 aliphatic heterocycles. The van der Waals surface area contributed by atoms with Crippen LogP contribution in [0.25, 0.3) is 22.3 Å². The van der Waals surface area contributed by atoms with Crippen LogP contribution in [0.5, 0.6) is 11.5 Å². The van der Waals surface area contributed by atoms with E-state index in [9.17, 15) is 9.59 Å². The Morgan fingerprint density at radius 2 is 1.00 bits per heavy atom. The third kappa shape index (κ3) is 3.17. The molecule has 0 saturated carbocycles. The summed E-state index contributed by atoms with van der Waals surface area (Å²) >= 11 is 0. The fourth-order valence-electron chi connectivity index (χ4n) is 4.17. The van der Waals surface area contributed by atoms with E-state index in [0.717, 1.165) is 33.8 Å². The third-order valence-corrected chi connectivity index (χ3v) is 5.85. The lowest BCUT2D eigenvalue weighted by atomic mass is 9.79. The fraction of sp³-hybridized carbons (Fsp3) is 0.0714. The predicted molar refractivity (Wildman–Crippen MR) is 124 cm³/mol. The second-order valence-electron chi connectivity index (χ2n) is 7.61. The second kappa shape index (κ2) is 7.82. The summed E-state index contributed by atoms with van der Waals surface area (Å²) < 4.78 is 10.6. The highest BCUT2D eigenvalue weighted by molar-refractivity contribution is 6.30. The molecule has 0 radical (unpaired) electrons. The quantitative estimate of drug-likeness (QED) is 0.368. The number of rotatable bonds is 4. The summed E-state index contributed by atoms with van der Waals surface area (Å²) in [5.74, 6) is 1.20. The average Bonchev–Trinajstić information content (AvgIpc) is 2.86. The molecule has 4 aromatic rings. The van der Waals surface area contributed by atoms with Crippen LogP contribution in [0.2, 0.25) is 0 Å². The first-order valence-electron chi connectivity index (χ1n) is 10.3. The van der Waals surface area contributed by atoms with Gasteiger partial charge in [-0.2, -0.15) is 0 Å². The molecule has 0 saturated heterocycles. The van der Waals surface area contributed by atoms with Gasteiger partial charge in [-0.15, -0.1) is 0 Å². The van der Waals surface area contributed by atoms with E-state index >= 15 is 0 Å². The smallest absolute Gasteiger partial charge is 0.195 e. The van der Waals surface area contributed by atoms with Gasteiger partial charge in [0.15, 0.2) is 11.6 Å². The van der Waals surface area contributed by atoms with Gasteiger partial charge < -0.3 is 9.47 Å². The number of methoxy groups -OCH3 is 2. The van der Waals surface area contributed by atoms with Crippen molar-refractivity contribution in [1.29, 1.82) is 0 Å². The fourth-order valence-corrected chi connectivity index (χ4v) is 4.17. The molecule has 0 N–H and O–H groups in total. The number of ether oxygens (including phenoxy) is 2. The summed E-state index contributed by atoms with van der Waals surface area (Å²) in [7, 11) is 3.23. The molecule has 4 nitrogen and oxygen atoms in total. The minimum absolute atomic E-state index is 0.137. The van der Waals surface area contributed by atoms with Crippen LogP contribution in [0.3, 0.4) is 0 Å². The summed E-state index contributed by atoms with van der Waals surface area (Å²) in [6.07, 6.45) is 0. The molecule has 0 amide bonds. The molecule has 0 heterocycles. The van der Waals surface area contributed by atoms with Crippen molar-refractivity contribution in [2.24, 2.45) is 0 Å². The van der Waals surface area contributed by atoms with Crippen LogP contribution < -0.4 is 9.47 Å². The first-order valence-corrected chi connectivity index (χ1v) is 10.3. The molecule has 0 atom stereocenters. The van der Waals surface area contributed by atoms with Crippen LogP contribution in [-0.2, 0) is 0 Å². The zero-order valence-electron chi connectivity index (χ0n) is 17.7. The van der Waals surface area contributed by atoms with Gasteiger partial charge in [-0.3, -0.25) is 9.59 Å². The van der Waals surface area contributed by atoms with Crippen LogP contribution in [0, 0.1) is 0 Å². The van der Waals surface area contributed by atoms with Gasteiger partial charge in [0.25, 0.3) is 0 Å². The van der Waals surface area contributed by atoms with Gasteiger partial charge in [0.1, 0.15) is 11.5 Å². The third-order valence-electron chi connectivity index (χ3n) is 5.85. The second-order valence-corrected chi connectivity index (χ2v) is 7.61. The maximum absolute atomic E-state index is 13.5. The summed E-state index contributed by atoms with van der Waals surface area (Å²) in [6, 6.07) is 26.0. The van der Waals surface area contributed by atoms with Gasteiger partial charge in [0.05, 0.1) is 14.2 Å². The number of hydrogen-bond acceptors (Lipinski definition) is 4. The molecule has 0 fully saturated rings. The lowest BCUT2D eigenvalue weighted by Gasteiger charge is -2.22. The maximum atomic E-state index is 13.5. The number of ketones is 2. The molecule has 32 heavy (non-hydrogen) atoms. The van der Waals surface area contributed by atoms with Crippen molar-refractivity contribution in [2.75, 3.05) is 14.2 Å². The Morgan fingerprint density at radius 3 is 1.56 bits per heavy atom. The Bertz CT molecular complexity index is 1350. The van der Waals surface area contributed by atoms with Crippen molar-refractivity contribution < 1.29 is 19.1 Å². The largest absolute Gasteiger partial charge is 0.497 e. The minimum atomic E-state index is -0.139. The number of carbonyl (C=O) groups is 2. The van der Waals surface area contributed by atoms with Gasteiger partial charge in [0.2, 0.25) is 0 Å². The molecule has 4 aromatic carbocycles. The van der Waals surface area contributed by atoms with Crippen molar-refractivity contribution in [3.8, 4) is 33.8 Å². The zero-order valence-corrected chi connectivity index (χ0v) is 17.7. The lowest BCUT2D eigenvalue weighted by Crippen LogP contribution is -2.22. The normalized spacial score (nSPS) is 12.2. The van der Waals surface area contributed by atoms with Crippen molar-refractivity contribution in [2.45, 2.75) is 0 Å². The monoisotopic (exact) mass is 420 g/mol. The van der Waals surface area contributed by atoms with Gasteiger partial charge >= 0.3 is 0 Å². The first-order chi connectivity index (χ1) is 15.6. The standard InChI is InChI=1S/C28H20O4/c1-31-20-11-7-17(8-12-20)19-15-24(18-9-13-21(32-2)14-10-18)26-25(16-19)27(29)22-5-3-4-6-23(22)28(26)30/h3-16H,1-2H3. The Kier molecular flexibility index (Phi) is 4.83. The summed E-state index contributed by atoms with van der Waals surface area (Å²) in [5, 5.41) is 0. The Morgan fingerprint density at radius 1 is 0.500 bits per heavy atom. The molecule has 1 aliphatic rings. The number of benzene rings is 4. The Balaban J connectivity index is 1.76. The molecule has 1 aliphatic carbocycles. The number of carbonyl (C=O) groups excluding carboxylic acids is 2. The molecule has 0 spiro atoms. The molecule has 156 valence electrons. The van der Waals surface area contributed by atoms with Crippen LogP contribution in [0.15, 0.2) is 84.9 Å². The average molecular weight is 420 g/mol. The van der Waals surface area contributed by atoms with E-state index in [4.69, 9.17) is 9.47 Å². The van der Waals surface area contributed by atoms with Gasteiger partial charge in [-0.1, -0.05) is 48.5 Å². The zero-order chi connectivity index (χ0) is 22.2. The topological polar surface area (TPSA) is 52.6 Å². The Labute approximate surface area is 186 Å². The lowest BCUT2D eigenvalue weighted by molar-refractivity contribution is 0.0979. The van der Waals surface area contributed by atoms with E-state index in [0.29, 0.717) is 22.3 Å². The van der Waals surface area contributed by atoms with E-state index in [2.05, 4.69) is 0 Å². The van der Waals surface area contributed by atoms with E-state index in [1.54, 1.807) is 38.5 Å². The summed E-state index contributed by atoms with van der Waals surface area (Å²) in [5.41, 5.74) is 5.11. The van der Waals surface area contributed by atoms with Crippen molar-refractivity contribution in [3.05, 3.63) is 107 Å². The minimum Gasteiger partial charge on any atom is -0.497 e. The molecule has 0 unspecified atom stereocenters. The SMILES string of the molecule is COc1ccc(-c2cc3c(c(-c4ccc(OC)cc4)c2)C(=O)c2ccccc2C3=O)cc1. The molecular weight excluding hydrogens is 400 g/mol. The van der Waals surface area contributed by atoms with E-state index in [-0.39, 0.29) is 11.6 Å². The number of fused-ring (bicyclic) bond motifs is 2. The highest BCUT2D eigenvalue weighted by Gasteiger charge is 2.32. The maximum Gasteiger partial charge on any atom is 0.195 e. The van der Waals surface area contributed by atoms with E-state index in [1.165, 1.54) is 0 Å². The van der Waals surface area contributed by atoms with Crippen molar-refractivity contribution in [3.63, 3.8) is 0 Å². The van der Waals surface area contributed by atoms with E-state index < -0.39 is 0 Å². The van der Waals surface area contributed by atoms with Crippen molar-refractivity contribution in [1.82, 2.24) is 0 Å². The Hall–Kier alpha value is -4.18. The van der Waals surface area contributed by atoms with Crippen LogP contribution in [0.4, 0.5) is 0 Å². The first kappa shape index (κ1) is 19.8. The van der Waals surface area contributed by atoms with Gasteiger partial charge in [-0.25, -0.2) is 0 Å². The van der Waals surface area contributed by atoms with E-state index in [1.807, 2.05) is 60.7 Å². The number of hydrogen-bond donors (Lipinski definition) is 0. The molecular formula is C28H20O4.